The fourth-order valence-electron chi connectivity index (χ4n) is 4.45. The van der Waals surface area contributed by atoms with Crippen LogP contribution in [0.1, 0.15) is 0 Å². The summed E-state index contributed by atoms with van der Waals surface area (Å²) in [6, 6.07) is 34.8. The van der Waals surface area contributed by atoms with Gasteiger partial charge >= 0.3 is 0 Å². The lowest BCUT2D eigenvalue weighted by atomic mass is 10.0. The van der Waals surface area contributed by atoms with E-state index in [2.05, 4.69) is 109 Å². The second kappa shape index (κ2) is 5.94. The Hall–Kier alpha value is -3.64. The molecule has 28 heavy (non-hydrogen) atoms. The molecule has 2 aliphatic carbocycles. The average molecular weight is 354 g/mol. The van der Waals surface area contributed by atoms with Gasteiger partial charge in [-0.1, -0.05) is 91.0 Å². The minimum Gasteiger partial charge on any atom is -0.0622 e. The summed E-state index contributed by atoms with van der Waals surface area (Å²) in [5, 5.41) is 5.34. The van der Waals surface area contributed by atoms with E-state index >= 15 is 0 Å². The third-order valence-corrected chi connectivity index (χ3v) is 5.81. The van der Waals surface area contributed by atoms with Crippen molar-refractivity contribution in [2.45, 2.75) is 0 Å². The van der Waals surface area contributed by atoms with Gasteiger partial charge in [-0.3, -0.25) is 0 Å². The fraction of sp³-hybridized carbons (Fsp3) is 0. The minimum absolute atomic E-state index is 1.26. The van der Waals surface area contributed by atoms with Gasteiger partial charge in [0.25, 0.3) is 0 Å². The van der Waals surface area contributed by atoms with Crippen molar-refractivity contribution in [1.82, 2.24) is 0 Å². The van der Waals surface area contributed by atoms with Crippen LogP contribution in [0.2, 0.25) is 0 Å². The molecule has 4 aromatic rings. The molecule has 130 valence electrons. The van der Waals surface area contributed by atoms with E-state index in [9.17, 15) is 0 Å². The summed E-state index contributed by atoms with van der Waals surface area (Å²) in [6.07, 6.45) is 4.72. The number of benzene rings is 4. The van der Waals surface area contributed by atoms with Gasteiger partial charge in [0, 0.05) is 0 Å². The van der Waals surface area contributed by atoms with Crippen LogP contribution in [-0.2, 0) is 0 Å². The molecule has 4 aromatic carbocycles. The third kappa shape index (κ3) is 2.25. The smallest absolute Gasteiger partial charge is 0.00923 e. The molecule has 0 aromatic heterocycles. The second-order valence-corrected chi connectivity index (χ2v) is 7.42. The predicted molar refractivity (Wildman–Crippen MR) is 118 cm³/mol. The number of rotatable bonds is 2. The van der Waals surface area contributed by atoms with Crippen molar-refractivity contribution in [2.24, 2.45) is 0 Å². The van der Waals surface area contributed by atoms with E-state index in [1.165, 1.54) is 54.3 Å². The molecule has 0 heteroatoms. The number of hydrogen-bond acceptors (Lipinski definition) is 0. The zero-order chi connectivity index (χ0) is 18.5. The van der Waals surface area contributed by atoms with Crippen LogP contribution in [-0.4, -0.2) is 0 Å². The first kappa shape index (κ1) is 15.4. The standard InChI is InChI=1S/C28H18/c1-3-8-19(9-4-1)21-14-15-22-17-26-24-13-7-12-23(20-10-5-2-6-11-20)27(24)18-28(26)25(22)16-21/h1-18H. The van der Waals surface area contributed by atoms with E-state index in [0.717, 1.165) is 0 Å². The van der Waals surface area contributed by atoms with Crippen molar-refractivity contribution >= 4 is 23.3 Å². The molecule has 0 atom stereocenters. The second-order valence-electron chi connectivity index (χ2n) is 7.42. The van der Waals surface area contributed by atoms with Gasteiger partial charge in [0.2, 0.25) is 0 Å². The highest BCUT2D eigenvalue weighted by Crippen LogP contribution is 2.23. The van der Waals surface area contributed by atoms with E-state index in [1.54, 1.807) is 0 Å². The van der Waals surface area contributed by atoms with Gasteiger partial charge in [0.05, 0.1) is 0 Å². The molecule has 2 aliphatic rings. The van der Waals surface area contributed by atoms with E-state index in [4.69, 9.17) is 0 Å². The van der Waals surface area contributed by atoms with Crippen molar-refractivity contribution in [3.63, 3.8) is 0 Å². The van der Waals surface area contributed by atoms with Crippen molar-refractivity contribution < 1.29 is 0 Å². The Morgan fingerprint density at radius 3 is 1.93 bits per heavy atom. The summed E-state index contributed by atoms with van der Waals surface area (Å²) in [5.41, 5.74) is 7.82. The maximum absolute atomic E-state index is 2.38. The van der Waals surface area contributed by atoms with Gasteiger partial charge in [0.15, 0.2) is 0 Å². The highest BCUT2D eigenvalue weighted by molar-refractivity contribution is 6.19. The van der Waals surface area contributed by atoms with Gasteiger partial charge < -0.3 is 0 Å². The van der Waals surface area contributed by atoms with Crippen molar-refractivity contribution in [1.29, 1.82) is 0 Å². The van der Waals surface area contributed by atoms with Crippen LogP contribution in [0.25, 0.3) is 45.6 Å². The Balaban J connectivity index is 1.64. The van der Waals surface area contributed by atoms with Crippen LogP contribution in [0.3, 0.4) is 0 Å². The zero-order valence-corrected chi connectivity index (χ0v) is 15.4. The molecule has 6 rings (SSSR count). The quantitative estimate of drug-likeness (QED) is 0.516. The summed E-state index contributed by atoms with van der Waals surface area (Å²) in [5.74, 6) is 0. The molecule has 0 saturated heterocycles. The Morgan fingerprint density at radius 2 is 1.14 bits per heavy atom. The van der Waals surface area contributed by atoms with Gasteiger partial charge in [-0.2, -0.15) is 0 Å². The predicted octanol–water partition coefficient (Wildman–Crippen LogP) is 3.61. The molecule has 0 nitrogen and oxygen atoms in total. The summed E-state index contributed by atoms with van der Waals surface area (Å²) in [7, 11) is 0. The molecule has 0 spiro atoms. The van der Waals surface area contributed by atoms with E-state index in [1.807, 2.05) is 0 Å². The SMILES string of the molecule is C1=c2ccc(-c3ccccc3)cc2=C2C=c3c(-c4ccccc4)cccc3=C12. The lowest BCUT2D eigenvalue weighted by Crippen LogP contribution is -2.26. The van der Waals surface area contributed by atoms with E-state index in [0.29, 0.717) is 0 Å². The summed E-state index contributed by atoms with van der Waals surface area (Å²) in [6.45, 7) is 0. The van der Waals surface area contributed by atoms with Crippen molar-refractivity contribution in [3.05, 3.63) is 118 Å². The highest BCUT2D eigenvalue weighted by Gasteiger charge is 2.17. The molecular formula is C28H18. The minimum atomic E-state index is 1.26. The molecule has 0 aliphatic heterocycles. The Kier molecular flexibility index (Phi) is 3.27. The summed E-state index contributed by atoms with van der Waals surface area (Å²) in [4.78, 5) is 0. The van der Waals surface area contributed by atoms with Crippen LogP contribution in [0.5, 0.6) is 0 Å². The van der Waals surface area contributed by atoms with Crippen LogP contribution in [0, 0.1) is 0 Å². The van der Waals surface area contributed by atoms with Gasteiger partial charge in [0.1, 0.15) is 0 Å². The summed E-state index contributed by atoms with van der Waals surface area (Å²) < 4.78 is 0. The van der Waals surface area contributed by atoms with Crippen LogP contribution in [0.4, 0.5) is 0 Å². The molecule has 0 bridgehead atoms. The fourth-order valence-corrected chi connectivity index (χ4v) is 4.45. The summed E-state index contributed by atoms with van der Waals surface area (Å²) >= 11 is 0. The largest absolute Gasteiger partial charge is 0.0622 e. The molecule has 0 N–H and O–H groups in total. The molecule has 0 unspecified atom stereocenters. The number of fused-ring (bicyclic) bond motifs is 3. The van der Waals surface area contributed by atoms with Gasteiger partial charge in [-0.25, -0.2) is 0 Å². The van der Waals surface area contributed by atoms with E-state index in [-0.39, 0.29) is 0 Å². The molecule has 0 fully saturated rings. The van der Waals surface area contributed by atoms with Crippen LogP contribution in [0.15, 0.2) is 97.1 Å². The monoisotopic (exact) mass is 354 g/mol. The normalized spacial score (nSPS) is 13.4. The number of hydrogen-bond donors (Lipinski definition) is 0. The lowest BCUT2D eigenvalue weighted by Gasteiger charge is -2.02. The highest BCUT2D eigenvalue weighted by atomic mass is 14.2. The molecule has 0 heterocycles. The topological polar surface area (TPSA) is 0 Å². The first-order valence-electron chi connectivity index (χ1n) is 9.71. The third-order valence-electron chi connectivity index (χ3n) is 5.81. The Labute approximate surface area is 163 Å². The van der Waals surface area contributed by atoms with Crippen LogP contribution < -0.4 is 20.9 Å². The maximum Gasteiger partial charge on any atom is -0.00923 e. The van der Waals surface area contributed by atoms with Crippen molar-refractivity contribution in [3.8, 4) is 22.3 Å². The maximum atomic E-state index is 2.38. The van der Waals surface area contributed by atoms with Gasteiger partial charge in [-0.05, 0) is 72.5 Å². The van der Waals surface area contributed by atoms with Crippen LogP contribution >= 0.6 is 0 Å². The molecule has 0 radical (unpaired) electrons. The first-order valence-corrected chi connectivity index (χ1v) is 9.71. The van der Waals surface area contributed by atoms with Gasteiger partial charge in [-0.15, -0.1) is 0 Å². The molecule has 0 saturated carbocycles. The Morgan fingerprint density at radius 1 is 0.429 bits per heavy atom. The lowest BCUT2D eigenvalue weighted by molar-refractivity contribution is 1.50. The Bertz CT molecular complexity index is 1470. The molecule has 0 amide bonds. The average Bonchev–Trinajstić information content (AvgIpc) is 3.31. The zero-order valence-electron chi connectivity index (χ0n) is 15.4. The van der Waals surface area contributed by atoms with Crippen molar-refractivity contribution in [2.75, 3.05) is 0 Å². The first-order chi connectivity index (χ1) is 13.9. The van der Waals surface area contributed by atoms with E-state index < -0.39 is 0 Å². The molecular weight excluding hydrogens is 336 g/mol.